The molecule has 1 N–H and O–H groups in total. The molecule has 0 aliphatic rings. The van der Waals surface area contributed by atoms with Crippen molar-refractivity contribution in [3.8, 4) is 6.07 Å². The first-order valence-electron chi connectivity index (χ1n) is 7.84. The lowest BCUT2D eigenvalue weighted by molar-refractivity contribution is -0.129. The van der Waals surface area contributed by atoms with Crippen molar-refractivity contribution in [1.29, 1.82) is 5.26 Å². The predicted molar refractivity (Wildman–Crippen MR) is 98.7 cm³/mol. The van der Waals surface area contributed by atoms with Gasteiger partial charge in [-0.1, -0.05) is 41.9 Å². The molecule has 0 fully saturated rings. The second-order valence-electron chi connectivity index (χ2n) is 5.69. The van der Waals surface area contributed by atoms with E-state index >= 15 is 0 Å². The maximum absolute atomic E-state index is 12.8. The third-order valence-electron chi connectivity index (χ3n) is 3.52. The number of carbonyl (C=O) groups is 1. The fraction of sp³-hybridized carbons (Fsp3) is 0.211. The normalized spacial score (nSPS) is 11.1. The maximum Gasteiger partial charge on any atom is 0.266 e. The minimum atomic E-state index is -0.337. The van der Waals surface area contributed by atoms with E-state index in [0.29, 0.717) is 17.4 Å². The molecule has 25 heavy (non-hydrogen) atoms. The maximum atomic E-state index is 12.8. The van der Waals surface area contributed by atoms with Gasteiger partial charge in [-0.3, -0.25) is 4.79 Å². The van der Waals surface area contributed by atoms with Gasteiger partial charge < -0.3 is 10.2 Å². The molecule has 0 unspecified atom stereocenters. The van der Waals surface area contributed by atoms with Crippen molar-refractivity contribution >= 4 is 23.3 Å². The van der Waals surface area contributed by atoms with Crippen LogP contribution in [0, 0.1) is 11.3 Å². The molecule has 2 rings (SSSR count). The van der Waals surface area contributed by atoms with Gasteiger partial charge in [0.1, 0.15) is 17.5 Å². The summed E-state index contributed by atoms with van der Waals surface area (Å²) in [4.78, 5) is 18.5. The van der Waals surface area contributed by atoms with Crippen LogP contribution in [0.4, 0.5) is 5.82 Å². The average molecular weight is 355 g/mol. The van der Waals surface area contributed by atoms with Gasteiger partial charge in [0.2, 0.25) is 0 Å². The van der Waals surface area contributed by atoms with Crippen LogP contribution < -0.4 is 5.32 Å². The standard InChI is InChI=1S/C19H19ClN4O/c1-14(2)24(13-15-6-4-3-5-7-15)19(25)16(11-21)12-23-18-10-17(20)8-9-22-18/h3-10,12,14H,13H2,1-2H3,(H,22,23)/b16-12-. The number of nitrogens with zero attached hydrogens (tertiary/aromatic N) is 3. The number of anilines is 1. The van der Waals surface area contributed by atoms with Crippen LogP contribution in [0.15, 0.2) is 60.4 Å². The molecule has 1 heterocycles. The van der Waals surface area contributed by atoms with Gasteiger partial charge in [-0.15, -0.1) is 0 Å². The third kappa shape index (κ3) is 5.33. The number of hydrogen-bond donors (Lipinski definition) is 1. The lowest BCUT2D eigenvalue weighted by Crippen LogP contribution is -2.37. The molecule has 1 amide bonds. The van der Waals surface area contributed by atoms with Gasteiger partial charge in [0.05, 0.1) is 0 Å². The Hall–Kier alpha value is -2.84. The summed E-state index contributed by atoms with van der Waals surface area (Å²) in [7, 11) is 0. The molecule has 0 saturated carbocycles. The molecule has 1 aromatic carbocycles. The van der Waals surface area contributed by atoms with Gasteiger partial charge >= 0.3 is 0 Å². The van der Waals surface area contributed by atoms with Crippen LogP contribution in [0.1, 0.15) is 19.4 Å². The molecule has 5 nitrogen and oxygen atoms in total. The molecular weight excluding hydrogens is 336 g/mol. The Kier molecular flexibility index (Phi) is 6.55. The zero-order valence-electron chi connectivity index (χ0n) is 14.1. The summed E-state index contributed by atoms with van der Waals surface area (Å²) in [5.41, 5.74) is 1.01. The van der Waals surface area contributed by atoms with Gasteiger partial charge in [0, 0.05) is 30.0 Å². The van der Waals surface area contributed by atoms with Crippen LogP contribution >= 0.6 is 11.6 Å². The molecule has 2 aromatic rings. The molecule has 0 radical (unpaired) electrons. The summed E-state index contributed by atoms with van der Waals surface area (Å²) < 4.78 is 0. The van der Waals surface area contributed by atoms with Crippen LogP contribution in [0.5, 0.6) is 0 Å². The smallest absolute Gasteiger partial charge is 0.266 e. The van der Waals surface area contributed by atoms with E-state index in [1.54, 1.807) is 23.2 Å². The summed E-state index contributed by atoms with van der Waals surface area (Å²) >= 11 is 5.90. The number of carbonyl (C=O) groups excluding carboxylic acids is 1. The molecule has 1 aromatic heterocycles. The monoisotopic (exact) mass is 354 g/mol. The number of rotatable bonds is 6. The Bertz CT molecular complexity index is 797. The molecule has 6 heteroatoms. The van der Waals surface area contributed by atoms with Crippen molar-refractivity contribution in [2.45, 2.75) is 26.4 Å². The molecule has 0 aliphatic carbocycles. The Morgan fingerprint density at radius 1 is 1.36 bits per heavy atom. The highest BCUT2D eigenvalue weighted by Crippen LogP contribution is 2.14. The van der Waals surface area contributed by atoms with Crippen LogP contribution in [0.2, 0.25) is 5.02 Å². The lowest BCUT2D eigenvalue weighted by atomic mass is 10.1. The zero-order valence-corrected chi connectivity index (χ0v) is 14.9. The molecule has 0 saturated heterocycles. The minimum absolute atomic E-state index is 0.00593. The van der Waals surface area contributed by atoms with E-state index in [1.807, 2.05) is 50.2 Å². The quantitative estimate of drug-likeness (QED) is 0.629. The molecule has 0 atom stereocenters. The molecule has 0 spiro atoms. The van der Waals surface area contributed by atoms with Gasteiger partial charge in [0.25, 0.3) is 5.91 Å². The largest absolute Gasteiger partial charge is 0.345 e. The van der Waals surface area contributed by atoms with Crippen LogP contribution in [-0.2, 0) is 11.3 Å². The minimum Gasteiger partial charge on any atom is -0.345 e. The number of halogens is 1. The van der Waals surface area contributed by atoms with E-state index in [-0.39, 0.29) is 17.5 Å². The van der Waals surface area contributed by atoms with E-state index in [2.05, 4.69) is 10.3 Å². The second kappa shape index (κ2) is 8.86. The van der Waals surface area contributed by atoms with Crippen LogP contribution in [0.3, 0.4) is 0 Å². The Morgan fingerprint density at radius 3 is 2.68 bits per heavy atom. The van der Waals surface area contributed by atoms with Crippen molar-refractivity contribution in [3.05, 3.63) is 71.0 Å². The number of nitriles is 1. The fourth-order valence-corrected chi connectivity index (χ4v) is 2.36. The predicted octanol–water partition coefficient (Wildman–Crippen LogP) is 3.99. The Labute approximate surface area is 152 Å². The van der Waals surface area contributed by atoms with Crippen molar-refractivity contribution in [2.75, 3.05) is 5.32 Å². The molecule has 128 valence electrons. The average Bonchev–Trinajstić information content (AvgIpc) is 2.60. The summed E-state index contributed by atoms with van der Waals surface area (Å²) in [5.74, 6) is 0.128. The molecular formula is C19H19ClN4O. The summed E-state index contributed by atoms with van der Waals surface area (Å²) in [6.07, 6.45) is 2.91. The van der Waals surface area contributed by atoms with Crippen molar-refractivity contribution in [1.82, 2.24) is 9.88 Å². The van der Waals surface area contributed by atoms with Crippen LogP contribution in [-0.4, -0.2) is 21.8 Å². The highest BCUT2D eigenvalue weighted by molar-refractivity contribution is 6.30. The fourth-order valence-electron chi connectivity index (χ4n) is 2.20. The second-order valence-corrected chi connectivity index (χ2v) is 6.12. The van der Waals surface area contributed by atoms with Crippen LogP contribution in [0.25, 0.3) is 0 Å². The zero-order chi connectivity index (χ0) is 18.2. The van der Waals surface area contributed by atoms with Crippen molar-refractivity contribution in [3.63, 3.8) is 0 Å². The first-order valence-corrected chi connectivity index (χ1v) is 8.22. The number of aromatic nitrogens is 1. The van der Waals surface area contributed by atoms with Gasteiger partial charge in [-0.25, -0.2) is 4.98 Å². The van der Waals surface area contributed by atoms with E-state index in [1.165, 1.54) is 6.20 Å². The number of pyridine rings is 1. The summed E-state index contributed by atoms with van der Waals surface area (Å²) in [6, 6.07) is 14.8. The Morgan fingerprint density at radius 2 is 2.08 bits per heavy atom. The van der Waals surface area contributed by atoms with E-state index in [9.17, 15) is 10.1 Å². The highest BCUT2D eigenvalue weighted by Gasteiger charge is 2.21. The number of amides is 1. The summed E-state index contributed by atoms with van der Waals surface area (Å²) in [6.45, 7) is 4.27. The van der Waals surface area contributed by atoms with E-state index in [0.717, 1.165) is 5.56 Å². The molecule has 0 bridgehead atoms. The number of hydrogen-bond acceptors (Lipinski definition) is 4. The van der Waals surface area contributed by atoms with Gasteiger partial charge in [0.15, 0.2) is 0 Å². The first-order chi connectivity index (χ1) is 12.0. The SMILES string of the molecule is CC(C)N(Cc1ccccc1)C(=O)/C(C#N)=C\Nc1cc(Cl)ccn1. The summed E-state index contributed by atoms with van der Waals surface area (Å²) in [5, 5.41) is 12.7. The number of benzene rings is 1. The first kappa shape index (κ1) is 18.5. The number of nitrogens with one attached hydrogen (secondary N) is 1. The van der Waals surface area contributed by atoms with Gasteiger partial charge in [-0.05, 0) is 31.5 Å². The Balaban J connectivity index is 2.17. The molecule has 0 aliphatic heterocycles. The van der Waals surface area contributed by atoms with Crippen molar-refractivity contribution < 1.29 is 4.79 Å². The van der Waals surface area contributed by atoms with E-state index in [4.69, 9.17) is 11.6 Å². The van der Waals surface area contributed by atoms with Crippen molar-refractivity contribution in [2.24, 2.45) is 0 Å². The van der Waals surface area contributed by atoms with Gasteiger partial charge in [-0.2, -0.15) is 5.26 Å². The topological polar surface area (TPSA) is 69.0 Å². The lowest BCUT2D eigenvalue weighted by Gasteiger charge is -2.26. The van der Waals surface area contributed by atoms with E-state index < -0.39 is 0 Å². The highest BCUT2D eigenvalue weighted by atomic mass is 35.5. The third-order valence-corrected chi connectivity index (χ3v) is 3.75.